The first-order chi connectivity index (χ1) is 9.79. The first-order valence-electron chi connectivity index (χ1n) is 7.20. The molecular weight excluding hydrogens is 308 g/mol. The Morgan fingerprint density at radius 2 is 2.00 bits per heavy atom. The maximum Gasteiger partial charge on any atom is 0.180 e. The van der Waals surface area contributed by atoms with Gasteiger partial charge in [0.05, 0.1) is 10.6 Å². The van der Waals surface area contributed by atoms with Crippen LogP contribution in [0.4, 0.5) is 10.7 Å². The van der Waals surface area contributed by atoms with E-state index in [1.165, 1.54) is 24.2 Å². The molecule has 0 aliphatic heterocycles. The second-order valence-electron chi connectivity index (χ2n) is 5.51. The van der Waals surface area contributed by atoms with Gasteiger partial charge in [0.25, 0.3) is 0 Å². The third kappa shape index (κ3) is 3.40. The highest BCUT2D eigenvalue weighted by atomic mass is 32.2. The fraction of sp³-hybridized carbons (Fsp3) is 0.643. The molecule has 1 heterocycles. The summed E-state index contributed by atoms with van der Waals surface area (Å²) in [5.41, 5.74) is 6.11. The second-order valence-corrected chi connectivity index (χ2v) is 8.46. The summed E-state index contributed by atoms with van der Waals surface area (Å²) in [4.78, 5) is 14.5. The van der Waals surface area contributed by atoms with E-state index in [2.05, 4.69) is 0 Å². The molecule has 0 atom stereocenters. The average Bonchev–Trinajstić information content (AvgIpc) is 3.15. The maximum absolute atomic E-state index is 12.1. The van der Waals surface area contributed by atoms with Crippen molar-refractivity contribution in [2.45, 2.75) is 38.0 Å². The minimum absolute atomic E-state index is 0.101. The van der Waals surface area contributed by atoms with E-state index in [1.54, 1.807) is 6.92 Å². The van der Waals surface area contributed by atoms with Gasteiger partial charge in [-0.2, -0.15) is 0 Å². The van der Waals surface area contributed by atoms with E-state index in [0.29, 0.717) is 28.8 Å². The minimum Gasteiger partial charge on any atom is -0.396 e. The molecule has 0 amide bonds. The van der Waals surface area contributed by atoms with Crippen LogP contribution in [0.5, 0.6) is 0 Å². The molecule has 2 rings (SSSR count). The van der Waals surface area contributed by atoms with Crippen LogP contribution in [0, 0.1) is 5.92 Å². The van der Waals surface area contributed by atoms with Gasteiger partial charge in [-0.15, -0.1) is 11.3 Å². The lowest BCUT2D eigenvalue weighted by Gasteiger charge is -2.22. The molecule has 0 bridgehead atoms. The SMILES string of the molecule is CCC(=O)c1sc(N(CC)CC2CC2)c(S(C)(=O)=O)c1N. The molecule has 0 saturated heterocycles. The summed E-state index contributed by atoms with van der Waals surface area (Å²) in [6, 6.07) is 0. The van der Waals surface area contributed by atoms with Crippen LogP contribution in [0.1, 0.15) is 42.8 Å². The summed E-state index contributed by atoms with van der Waals surface area (Å²) in [7, 11) is -3.46. The van der Waals surface area contributed by atoms with Crippen LogP contribution in [0.25, 0.3) is 0 Å². The molecule has 5 nitrogen and oxygen atoms in total. The molecule has 0 radical (unpaired) electrons. The van der Waals surface area contributed by atoms with Crippen molar-refractivity contribution in [2.75, 3.05) is 30.0 Å². The minimum atomic E-state index is -3.46. The van der Waals surface area contributed by atoms with E-state index < -0.39 is 9.84 Å². The number of hydrogen-bond acceptors (Lipinski definition) is 6. The van der Waals surface area contributed by atoms with Crippen LogP contribution in [0.3, 0.4) is 0 Å². The van der Waals surface area contributed by atoms with Gasteiger partial charge in [0.2, 0.25) is 0 Å². The molecule has 0 spiro atoms. The zero-order valence-corrected chi connectivity index (χ0v) is 14.3. The zero-order valence-electron chi connectivity index (χ0n) is 12.7. The Balaban J connectivity index is 2.54. The number of anilines is 2. The average molecular weight is 330 g/mol. The molecule has 1 aliphatic rings. The van der Waals surface area contributed by atoms with Gasteiger partial charge in [0.15, 0.2) is 15.6 Å². The van der Waals surface area contributed by atoms with Crippen molar-refractivity contribution in [3.8, 4) is 0 Å². The van der Waals surface area contributed by atoms with Gasteiger partial charge in [-0.3, -0.25) is 4.79 Å². The molecule has 0 unspecified atom stereocenters. The molecule has 7 heteroatoms. The number of nitrogen functional groups attached to an aromatic ring is 1. The van der Waals surface area contributed by atoms with Gasteiger partial charge in [-0.1, -0.05) is 6.92 Å². The largest absolute Gasteiger partial charge is 0.396 e. The van der Waals surface area contributed by atoms with Crippen molar-refractivity contribution in [3.05, 3.63) is 4.88 Å². The molecule has 1 fully saturated rings. The van der Waals surface area contributed by atoms with Gasteiger partial charge in [-0.25, -0.2) is 8.42 Å². The van der Waals surface area contributed by atoms with Crippen molar-refractivity contribution in [1.29, 1.82) is 0 Å². The highest BCUT2D eigenvalue weighted by molar-refractivity contribution is 7.91. The Hall–Kier alpha value is -1.08. The third-order valence-corrected chi connectivity index (χ3v) is 6.26. The lowest BCUT2D eigenvalue weighted by Crippen LogP contribution is -2.25. The Morgan fingerprint density at radius 3 is 2.43 bits per heavy atom. The van der Waals surface area contributed by atoms with Crippen LogP contribution >= 0.6 is 11.3 Å². The van der Waals surface area contributed by atoms with Crippen LogP contribution in [0.15, 0.2) is 4.90 Å². The summed E-state index contributed by atoms with van der Waals surface area (Å²) in [6.07, 6.45) is 3.85. The number of thiophene rings is 1. The molecule has 1 aromatic rings. The number of rotatable bonds is 7. The van der Waals surface area contributed by atoms with E-state index in [0.717, 1.165) is 12.8 Å². The van der Waals surface area contributed by atoms with Gasteiger partial charge >= 0.3 is 0 Å². The summed E-state index contributed by atoms with van der Waals surface area (Å²) >= 11 is 1.22. The number of sulfone groups is 1. The lowest BCUT2D eigenvalue weighted by molar-refractivity contribution is 0.0992. The predicted octanol–water partition coefficient (Wildman–Crippen LogP) is 2.56. The van der Waals surface area contributed by atoms with Crippen molar-refractivity contribution >= 4 is 37.6 Å². The van der Waals surface area contributed by atoms with Crippen molar-refractivity contribution < 1.29 is 13.2 Å². The van der Waals surface area contributed by atoms with Crippen LogP contribution in [-0.4, -0.2) is 33.5 Å². The highest BCUT2D eigenvalue weighted by Crippen LogP contribution is 2.43. The standard InChI is InChI=1S/C14H22N2O3S2/c1-4-10(17)12-11(15)13(21(3,18)19)14(20-12)16(5-2)8-9-6-7-9/h9H,4-8,15H2,1-3H3. The summed E-state index contributed by atoms with van der Waals surface area (Å²) in [5.74, 6) is 0.530. The molecule has 1 saturated carbocycles. The Kier molecular flexibility index (Phi) is 4.63. The first-order valence-corrected chi connectivity index (χ1v) is 9.90. The fourth-order valence-corrected chi connectivity index (χ4v) is 5.11. The number of carbonyl (C=O) groups excluding carboxylic acids is 1. The van der Waals surface area contributed by atoms with E-state index in [4.69, 9.17) is 5.73 Å². The van der Waals surface area contributed by atoms with Gasteiger partial charge < -0.3 is 10.6 Å². The van der Waals surface area contributed by atoms with Crippen LogP contribution in [-0.2, 0) is 9.84 Å². The Labute approximate surface area is 130 Å². The highest BCUT2D eigenvalue weighted by Gasteiger charge is 2.31. The smallest absolute Gasteiger partial charge is 0.180 e. The molecule has 0 aromatic carbocycles. The van der Waals surface area contributed by atoms with Crippen molar-refractivity contribution in [1.82, 2.24) is 0 Å². The molecule has 118 valence electrons. The van der Waals surface area contributed by atoms with E-state index in [-0.39, 0.29) is 16.4 Å². The van der Waals surface area contributed by atoms with Gasteiger partial charge in [-0.05, 0) is 25.7 Å². The third-order valence-electron chi connectivity index (χ3n) is 3.67. The molecule has 21 heavy (non-hydrogen) atoms. The van der Waals surface area contributed by atoms with Gasteiger partial charge in [0.1, 0.15) is 9.90 Å². The van der Waals surface area contributed by atoms with Crippen molar-refractivity contribution in [3.63, 3.8) is 0 Å². The predicted molar refractivity (Wildman–Crippen MR) is 87.1 cm³/mol. The molecule has 1 aliphatic carbocycles. The number of nitrogens with zero attached hydrogens (tertiary/aromatic N) is 1. The Bertz CT molecular complexity index is 645. The number of Topliss-reactive ketones (excluding diaryl/α,β-unsaturated/α-hetero) is 1. The zero-order chi connectivity index (χ0) is 15.8. The van der Waals surface area contributed by atoms with E-state index in [1.807, 2.05) is 11.8 Å². The van der Waals surface area contributed by atoms with E-state index >= 15 is 0 Å². The normalized spacial score (nSPS) is 15.2. The first kappa shape index (κ1) is 16.3. The Morgan fingerprint density at radius 1 is 1.38 bits per heavy atom. The molecule has 1 aromatic heterocycles. The number of carbonyl (C=O) groups is 1. The fourth-order valence-electron chi connectivity index (χ4n) is 2.32. The second kappa shape index (κ2) is 5.96. The number of ketones is 1. The van der Waals surface area contributed by atoms with E-state index in [9.17, 15) is 13.2 Å². The van der Waals surface area contributed by atoms with Crippen LogP contribution < -0.4 is 10.6 Å². The summed E-state index contributed by atoms with van der Waals surface area (Å²) in [6.45, 7) is 5.28. The number of hydrogen-bond donors (Lipinski definition) is 1. The van der Waals surface area contributed by atoms with Gasteiger partial charge in [0, 0.05) is 25.8 Å². The summed E-state index contributed by atoms with van der Waals surface area (Å²) < 4.78 is 24.2. The van der Waals surface area contributed by atoms with Crippen molar-refractivity contribution in [2.24, 2.45) is 5.92 Å². The van der Waals surface area contributed by atoms with Crippen LogP contribution in [0.2, 0.25) is 0 Å². The monoisotopic (exact) mass is 330 g/mol. The topological polar surface area (TPSA) is 80.5 Å². The lowest BCUT2D eigenvalue weighted by atomic mass is 10.2. The summed E-state index contributed by atoms with van der Waals surface area (Å²) in [5, 5.41) is 0.626. The maximum atomic E-state index is 12.1. The molecular formula is C14H22N2O3S2. The quantitative estimate of drug-likeness (QED) is 0.777. The number of nitrogens with two attached hydrogens (primary N) is 1. The molecule has 2 N–H and O–H groups in total.